The Morgan fingerprint density at radius 3 is 2.62 bits per heavy atom. The SMILES string of the molecule is CC(Cc1nc(C2CCCCC2)n[nH]1)c1ccc(N)cc1. The molecule has 1 unspecified atom stereocenters. The molecule has 1 aliphatic rings. The molecule has 0 spiro atoms. The average molecular weight is 284 g/mol. The fourth-order valence-corrected chi connectivity index (χ4v) is 3.18. The van der Waals surface area contributed by atoms with E-state index in [-0.39, 0.29) is 0 Å². The lowest BCUT2D eigenvalue weighted by atomic mass is 9.89. The van der Waals surface area contributed by atoms with Crippen molar-refractivity contribution in [2.24, 2.45) is 0 Å². The summed E-state index contributed by atoms with van der Waals surface area (Å²) in [4.78, 5) is 4.73. The third kappa shape index (κ3) is 3.43. The molecule has 0 aliphatic heterocycles. The first-order valence-corrected chi connectivity index (χ1v) is 7.99. The fourth-order valence-electron chi connectivity index (χ4n) is 3.18. The molecule has 0 saturated heterocycles. The van der Waals surface area contributed by atoms with Crippen molar-refractivity contribution in [2.45, 2.75) is 57.3 Å². The minimum atomic E-state index is 0.415. The van der Waals surface area contributed by atoms with Crippen LogP contribution in [0.2, 0.25) is 0 Å². The van der Waals surface area contributed by atoms with Crippen LogP contribution in [0.15, 0.2) is 24.3 Å². The Bertz CT molecular complexity index is 567. The molecule has 4 heteroatoms. The molecule has 1 heterocycles. The predicted molar refractivity (Wildman–Crippen MR) is 85.2 cm³/mol. The molecule has 1 atom stereocenters. The highest BCUT2D eigenvalue weighted by Gasteiger charge is 2.20. The van der Waals surface area contributed by atoms with Gasteiger partial charge < -0.3 is 5.73 Å². The van der Waals surface area contributed by atoms with Crippen molar-refractivity contribution >= 4 is 5.69 Å². The van der Waals surface area contributed by atoms with E-state index in [9.17, 15) is 0 Å². The summed E-state index contributed by atoms with van der Waals surface area (Å²) >= 11 is 0. The van der Waals surface area contributed by atoms with Gasteiger partial charge in [0.2, 0.25) is 0 Å². The van der Waals surface area contributed by atoms with E-state index in [1.165, 1.54) is 37.7 Å². The van der Waals surface area contributed by atoms with Crippen LogP contribution in [0.4, 0.5) is 5.69 Å². The van der Waals surface area contributed by atoms with E-state index in [1.54, 1.807) is 0 Å². The van der Waals surface area contributed by atoms with Crippen molar-refractivity contribution in [3.63, 3.8) is 0 Å². The topological polar surface area (TPSA) is 67.6 Å². The first-order chi connectivity index (χ1) is 10.2. The molecule has 1 aromatic heterocycles. The van der Waals surface area contributed by atoms with Crippen molar-refractivity contribution < 1.29 is 0 Å². The first kappa shape index (κ1) is 14.1. The van der Waals surface area contributed by atoms with Crippen LogP contribution in [0.1, 0.15) is 68.1 Å². The Balaban J connectivity index is 1.64. The monoisotopic (exact) mass is 284 g/mol. The summed E-state index contributed by atoms with van der Waals surface area (Å²) in [5.74, 6) is 3.00. The largest absolute Gasteiger partial charge is 0.399 e. The molecular weight excluding hydrogens is 260 g/mol. The molecule has 1 saturated carbocycles. The van der Waals surface area contributed by atoms with Crippen molar-refractivity contribution in [3.8, 4) is 0 Å². The molecule has 2 aromatic rings. The summed E-state index contributed by atoms with van der Waals surface area (Å²) in [7, 11) is 0. The zero-order chi connectivity index (χ0) is 14.7. The Labute approximate surface area is 126 Å². The third-order valence-corrected chi connectivity index (χ3v) is 4.52. The van der Waals surface area contributed by atoms with E-state index in [4.69, 9.17) is 10.7 Å². The average Bonchev–Trinajstić information content (AvgIpc) is 2.97. The van der Waals surface area contributed by atoms with Gasteiger partial charge in [0.15, 0.2) is 5.82 Å². The third-order valence-electron chi connectivity index (χ3n) is 4.52. The van der Waals surface area contributed by atoms with Gasteiger partial charge in [-0.3, -0.25) is 5.10 Å². The summed E-state index contributed by atoms with van der Waals surface area (Å²) in [5.41, 5.74) is 7.84. The van der Waals surface area contributed by atoms with E-state index in [1.807, 2.05) is 12.1 Å². The number of aromatic nitrogens is 3. The van der Waals surface area contributed by atoms with Gasteiger partial charge in [0.25, 0.3) is 0 Å². The van der Waals surface area contributed by atoms with Gasteiger partial charge in [-0.25, -0.2) is 4.98 Å². The number of nitrogen functional groups attached to an aromatic ring is 1. The summed E-state index contributed by atoms with van der Waals surface area (Å²) in [6.45, 7) is 2.22. The molecule has 3 N–H and O–H groups in total. The van der Waals surface area contributed by atoms with Crippen LogP contribution >= 0.6 is 0 Å². The predicted octanol–water partition coefficient (Wildman–Crippen LogP) is 3.78. The van der Waals surface area contributed by atoms with Gasteiger partial charge in [0, 0.05) is 18.0 Å². The number of benzene rings is 1. The minimum absolute atomic E-state index is 0.415. The van der Waals surface area contributed by atoms with E-state index in [0.29, 0.717) is 11.8 Å². The second kappa shape index (κ2) is 6.29. The zero-order valence-electron chi connectivity index (χ0n) is 12.7. The number of rotatable bonds is 4. The van der Waals surface area contributed by atoms with Crippen molar-refractivity contribution in [2.75, 3.05) is 5.73 Å². The van der Waals surface area contributed by atoms with Crippen LogP contribution in [0.3, 0.4) is 0 Å². The number of aromatic amines is 1. The maximum atomic E-state index is 5.74. The lowest BCUT2D eigenvalue weighted by Gasteiger charge is -2.18. The highest BCUT2D eigenvalue weighted by molar-refractivity contribution is 5.40. The van der Waals surface area contributed by atoms with Crippen LogP contribution in [0, 0.1) is 0 Å². The summed E-state index contributed by atoms with van der Waals surface area (Å²) < 4.78 is 0. The molecule has 4 nitrogen and oxygen atoms in total. The highest BCUT2D eigenvalue weighted by Crippen LogP contribution is 2.30. The first-order valence-electron chi connectivity index (χ1n) is 7.99. The standard InChI is InChI=1S/C17H24N4/c1-12(13-7-9-15(18)10-8-13)11-16-19-17(21-20-16)14-5-3-2-4-6-14/h7-10,12,14H,2-6,11,18H2,1H3,(H,19,20,21). The van der Waals surface area contributed by atoms with Gasteiger partial charge in [0.1, 0.15) is 5.82 Å². The highest BCUT2D eigenvalue weighted by atomic mass is 15.2. The smallest absolute Gasteiger partial charge is 0.153 e. The lowest BCUT2D eigenvalue weighted by molar-refractivity contribution is 0.429. The second-order valence-corrected chi connectivity index (χ2v) is 6.25. The number of anilines is 1. The van der Waals surface area contributed by atoms with Gasteiger partial charge in [-0.1, -0.05) is 38.3 Å². The number of hydrogen-bond donors (Lipinski definition) is 2. The molecule has 0 radical (unpaired) electrons. The molecule has 3 rings (SSSR count). The summed E-state index contributed by atoms with van der Waals surface area (Å²) in [5, 5.41) is 7.57. The van der Waals surface area contributed by atoms with Crippen molar-refractivity contribution in [1.82, 2.24) is 15.2 Å². The van der Waals surface area contributed by atoms with Gasteiger partial charge in [-0.15, -0.1) is 0 Å². The zero-order valence-corrected chi connectivity index (χ0v) is 12.7. The van der Waals surface area contributed by atoms with E-state index >= 15 is 0 Å². The number of hydrogen-bond acceptors (Lipinski definition) is 3. The summed E-state index contributed by atoms with van der Waals surface area (Å²) in [6.07, 6.45) is 7.37. The molecular formula is C17H24N4. The van der Waals surface area contributed by atoms with E-state index < -0.39 is 0 Å². The number of nitrogens with zero attached hydrogens (tertiary/aromatic N) is 2. The van der Waals surface area contributed by atoms with Crippen LogP contribution in [0.25, 0.3) is 0 Å². The van der Waals surface area contributed by atoms with Crippen molar-refractivity contribution in [3.05, 3.63) is 41.5 Å². The molecule has 0 amide bonds. The maximum Gasteiger partial charge on any atom is 0.153 e. The van der Waals surface area contributed by atoms with Crippen LogP contribution in [-0.4, -0.2) is 15.2 Å². The second-order valence-electron chi connectivity index (χ2n) is 6.25. The van der Waals surface area contributed by atoms with Gasteiger partial charge in [-0.2, -0.15) is 5.10 Å². The van der Waals surface area contributed by atoms with Gasteiger partial charge in [0.05, 0.1) is 0 Å². The van der Waals surface area contributed by atoms with E-state index in [2.05, 4.69) is 29.3 Å². The molecule has 1 aliphatic carbocycles. The van der Waals surface area contributed by atoms with Gasteiger partial charge in [-0.05, 0) is 36.5 Å². The van der Waals surface area contributed by atoms with Crippen LogP contribution in [-0.2, 0) is 6.42 Å². The number of nitrogens with one attached hydrogen (secondary N) is 1. The molecule has 21 heavy (non-hydrogen) atoms. The molecule has 1 fully saturated rings. The van der Waals surface area contributed by atoms with E-state index in [0.717, 1.165) is 23.8 Å². The van der Waals surface area contributed by atoms with Crippen LogP contribution in [0.5, 0.6) is 0 Å². The maximum absolute atomic E-state index is 5.74. The molecule has 112 valence electrons. The number of H-pyrrole nitrogens is 1. The summed E-state index contributed by atoms with van der Waals surface area (Å²) in [6, 6.07) is 8.11. The Morgan fingerprint density at radius 2 is 1.90 bits per heavy atom. The fraction of sp³-hybridized carbons (Fsp3) is 0.529. The van der Waals surface area contributed by atoms with Gasteiger partial charge >= 0.3 is 0 Å². The van der Waals surface area contributed by atoms with Crippen molar-refractivity contribution in [1.29, 1.82) is 0 Å². The normalized spacial score (nSPS) is 17.8. The van der Waals surface area contributed by atoms with Crippen LogP contribution < -0.4 is 5.73 Å². The Kier molecular flexibility index (Phi) is 4.23. The number of nitrogens with two attached hydrogens (primary N) is 1. The minimum Gasteiger partial charge on any atom is -0.399 e. The molecule has 1 aromatic carbocycles. The lowest BCUT2D eigenvalue weighted by Crippen LogP contribution is -2.06. The quantitative estimate of drug-likeness (QED) is 0.839. The Morgan fingerprint density at radius 1 is 1.19 bits per heavy atom. The molecule has 0 bridgehead atoms. The Hall–Kier alpha value is -1.84.